The molecule has 0 rings (SSSR count). The molecule has 0 saturated carbocycles. The van der Waals surface area contributed by atoms with Crippen LogP contribution in [0.5, 0.6) is 0 Å². The first-order valence-corrected chi connectivity index (χ1v) is 7.50. The fourth-order valence-corrected chi connectivity index (χ4v) is 1.56. The van der Waals surface area contributed by atoms with Crippen LogP contribution in [0.25, 0.3) is 0 Å². The molecule has 130 valence electrons. The third-order valence-electron chi connectivity index (χ3n) is 2.32. The second-order valence-electron chi connectivity index (χ2n) is 7.09. The van der Waals surface area contributed by atoms with Crippen molar-refractivity contribution in [1.82, 2.24) is 10.6 Å². The minimum absolute atomic E-state index is 0.0128. The van der Waals surface area contributed by atoms with Gasteiger partial charge in [-0.2, -0.15) is 0 Å². The number of ether oxygens (including phenoxy) is 2. The van der Waals surface area contributed by atoms with Crippen molar-refractivity contribution in [2.45, 2.75) is 71.6 Å². The van der Waals surface area contributed by atoms with E-state index in [1.807, 2.05) is 0 Å². The zero-order chi connectivity index (χ0) is 17.4. The lowest BCUT2D eigenvalue weighted by molar-refractivity contribution is 0.0459. The molecule has 0 saturated heterocycles. The van der Waals surface area contributed by atoms with Crippen LogP contribution < -0.4 is 10.6 Å². The lowest BCUT2D eigenvalue weighted by atomic mass is 10.1. The van der Waals surface area contributed by atoms with Crippen molar-refractivity contribution in [2.75, 3.05) is 13.2 Å². The van der Waals surface area contributed by atoms with Gasteiger partial charge in [0.1, 0.15) is 11.2 Å². The highest BCUT2D eigenvalue weighted by molar-refractivity contribution is 5.69. The van der Waals surface area contributed by atoms with Gasteiger partial charge in [0.2, 0.25) is 0 Å². The first-order valence-electron chi connectivity index (χ1n) is 7.50. The molecule has 22 heavy (non-hydrogen) atoms. The largest absolute Gasteiger partial charge is 0.444 e. The summed E-state index contributed by atoms with van der Waals surface area (Å²) in [7, 11) is 0. The summed E-state index contributed by atoms with van der Waals surface area (Å²) in [6, 6.07) is -0.338. The van der Waals surface area contributed by atoms with Crippen molar-refractivity contribution in [3.63, 3.8) is 0 Å². The fraction of sp³-hybridized carbons (Fsp3) is 0.867. The van der Waals surface area contributed by atoms with Crippen LogP contribution in [0.2, 0.25) is 0 Å². The van der Waals surface area contributed by atoms with Crippen molar-refractivity contribution < 1.29 is 24.2 Å². The Morgan fingerprint density at radius 1 is 1.00 bits per heavy atom. The Labute approximate surface area is 132 Å². The number of alkyl carbamates (subject to hydrolysis) is 2. The van der Waals surface area contributed by atoms with Crippen molar-refractivity contribution in [2.24, 2.45) is 0 Å². The number of nitrogens with one attached hydrogen (secondary N) is 2. The summed E-state index contributed by atoms with van der Waals surface area (Å²) in [5.41, 5.74) is -1.17. The molecule has 0 spiro atoms. The molecule has 0 aliphatic rings. The van der Waals surface area contributed by atoms with Crippen LogP contribution in [0.4, 0.5) is 9.59 Å². The van der Waals surface area contributed by atoms with Crippen LogP contribution in [0.3, 0.4) is 0 Å². The van der Waals surface area contributed by atoms with Crippen LogP contribution in [0.1, 0.15) is 54.4 Å². The zero-order valence-corrected chi connectivity index (χ0v) is 14.5. The van der Waals surface area contributed by atoms with Crippen LogP contribution in [0.15, 0.2) is 0 Å². The Balaban J connectivity index is 4.39. The maximum atomic E-state index is 11.8. The second-order valence-corrected chi connectivity index (χ2v) is 7.09. The predicted octanol–water partition coefficient (Wildman–Crippen LogP) is 2.18. The number of carbonyl (C=O) groups is 2. The van der Waals surface area contributed by atoms with E-state index in [2.05, 4.69) is 10.6 Å². The van der Waals surface area contributed by atoms with Gasteiger partial charge in [0.25, 0.3) is 0 Å². The highest BCUT2D eigenvalue weighted by atomic mass is 16.6. The standard InChI is InChI=1S/C15H30N2O5/c1-14(2,3)21-12(19)16-10-11(8-7-9-18)17-13(20)22-15(4,5)6/h11,18H,7-10H2,1-6H3,(H,16,19)(H,17,20). The Kier molecular flexibility index (Phi) is 8.22. The number of hydrogen-bond donors (Lipinski definition) is 3. The van der Waals surface area contributed by atoms with Gasteiger partial charge in [-0.15, -0.1) is 0 Å². The fourth-order valence-electron chi connectivity index (χ4n) is 1.56. The molecular formula is C15H30N2O5. The number of aliphatic hydroxyl groups is 1. The van der Waals surface area contributed by atoms with E-state index in [9.17, 15) is 9.59 Å². The number of aliphatic hydroxyl groups excluding tert-OH is 1. The van der Waals surface area contributed by atoms with Gasteiger partial charge in [-0.05, 0) is 54.4 Å². The van der Waals surface area contributed by atoms with E-state index in [0.717, 1.165) is 0 Å². The van der Waals surface area contributed by atoms with E-state index in [1.54, 1.807) is 41.5 Å². The third kappa shape index (κ3) is 12.3. The van der Waals surface area contributed by atoms with E-state index in [1.165, 1.54) is 0 Å². The van der Waals surface area contributed by atoms with E-state index < -0.39 is 23.4 Å². The second kappa shape index (κ2) is 8.82. The SMILES string of the molecule is CC(C)(C)OC(=O)NCC(CCCO)NC(=O)OC(C)(C)C. The monoisotopic (exact) mass is 318 g/mol. The highest BCUT2D eigenvalue weighted by Gasteiger charge is 2.21. The molecule has 2 amide bonds. The lowest BCUT2D eigenvalue weighted by Crippen LogP contribution is -2.46. The topological polar surface area (TPSA) is 96.9 Å². The van der Waals surface area contributed by atoms with Crippen LogP contribution >= 0.6 is 0 Å². The molecule has 0 aliphatic heterocycles. The van der Waals surface area contributed by atoms with Crippen LogP contribution in [0, 0.1) is 0 Å². The van der Waals surface area contributed by atoms with Gasteiger partial charge >= 0.3 is 12.2 Å². The minimum atomic E-state index is -0.593. The quantitative estimate of drug-likeness (QED) is 0.697. The van der Waals surface area contributed by atoms with E-state index in [-0.39, 0.29) is 19.2 Å². The summed E-state index contributed by atoms with van der Waals surface area (Å²) < 4.78 is 10.3. The first kappa shape index (κ1) is 20.5. The van der Waals surface area contributed by atoms with Crippen molar-refractivity contribution in [1.29, 1.82) is 0 Å². The van der Waals surface area contributed by atoms with Gasteiger partial charge in [0, 0.05) is 19.2 Å². The Morgan fingerprint density at radius 3 is 1.95 bits per heavy atom. The lowest BCUT2D eigenvalue weighted by Gasteiger charge is -2.25. The average Bonchev–Trinajstić information content (AvgIpc) is 2.28. The molecule has 0 radical (unpaired) electrons. The smallest absolute Gasteiger partial charge is 0.407 e. The summed E-state index contributed by atoms with van der Waals surface area (Å²) in [5, 5.41) is 14.2. The van der Waals surface area contributed by atoms with Crippen molar-refractivity contribution >= 4 is 12.2 Å². The van der Waals surface area contributed by atoms with Gasteiger partial charge in [-0.1, -0.05) is 0 Å². The summed E-state index contributed by atoms with van der Waals surface area (Å²) in [6.45, 7) is 10.8. The number of carbonyl (C=O) groups excluding carboxylic acids is 2. The summed E-state index contributed by atoms with van der Waals surface area (Å²) in [5.74, 6) is 0. The molecular weight excluding hydrogens is 288 g/mol. The molecule has 0 aromatic heterocycles. The molecule has 0 aromatic carbocycles. The first-order chi connectivity index (χ1) is 9.93. The van der Waals surface area contributed by atoms with Crippen molar-refractivity contribution in [3.8, 4) is 0 Å². The van der Waals surface area contributed by atoms with Gasteiger partial charge in [0.05, 0.1) is 0 Å². The van der Waals surface area contributed by atoms with Crippen LogP contribution in [-0.4, -0.2) is 47.7 Å². The molecule has 0 bridgehead atoms. The average molecular weight is 318 g/mol. The Bertz CT molecular complexity index is 358. The Morgan fingerprint density at radius 2 is 1.50 bits per heavy atom. The van der Waals surface area contributed by atoms with E-state index in [0.29, 0.717) is 12.8 Å². The van der Waals surface area contributed by atoms with Gasteiger partial charge < -0.3 is 25.2 Å². The molecule has 0 fully saturated rings. The number of hydrogen-bond acceptors (Lipinski definition) is 5. The zero-order valence-electron chi connectivity index (χ0n) is 14.5. The third-order valence-corrected chi connectivity index (χ3v) is 2.32. The summed E-state index contributed by atoms with van der Waals surface area (Å²) in [6.07, 6.45) is -0.0731. The van der Waals surface area contributed by atoms with E-state index >= 15 is 0 Å². The highest BCUT2D eigenvalue weighted by Crippen LogP contribution is 2.08. The number of rotatable bonds is 6. The molecule has 1 unspecified atom stereocenters. The van der Waals surface area contributed by atoms with E-state index in [4.69, 9.17) is 14.6 Å². The van der Waals surface area contributed by atoms with Crippen LogP contribution in [-0.2, 0) is 9.47 Å². The maximum absolute atomic E-state index is 11.8. The predicted molar refractivity (Wildman–Crippen MR) is 83.7 cm³/mol. The van der Waals surface area contributed by atoms with Gasteiger partial charge in [0.15, 0.2) is 0 Å². The van der Waals surface area contributed by atoms with Gasteiger partial charge in [-0.3, -0.25) is 0 Å². The Hall–Kier alpha value is -1.50. The summed E-state index contributed by atoms with van der Waals surface area (Å²) in [4.78, 5) is 23.4. The molecule has 0 aromatic rings. The molecule has 3 N–H and O–H groups in total. The minimum Gasteiger partial charge on any atom is -0.444 e. The molecule has 0 heterocycles. The number of amides is 2. The van der Waals surface area contributed by atoms with Gasteiger partial charge in [-0.25, -0.2) is 9.59 Å². The van der Waals surface area contributed by atoms with Crippen molar-refractivity contribution in [3.05, 3.63) is 0 Å². The maximum Gasteiger partial charge on any atom is 0.407 e. The molecule has 1 atom stereocenters. The normalized spacial score (nSPS) is 13.2. The summed E-state index contributed by atoms with van der Waals surface area (Å²) >= 11 is 0. The molecule has 7 heteroatoms. The molecule has 7 nitrogen and oxygen atoms in total. The molecule has 0 aliphatic carbocycles.